The number of carbonyl (C=O) groups is 4. The van der Waals surface area contributed by atoms with Crippen LogP contribution in [0.15, 0.2) is 195 Å². The van der Waals surface area contributed by atoms with E-state index in [-0.39, 0.29) is 83.5 Å². The van der Waals surface area contributed by atoms with Gasteiger partial charge in [-0.1, -0.05) is 0 Å². The molecule has 0 bridgehead atoms. The van der Waals surface area contributed by atoms with Crippen molar-refractivity contribution in [1.29, 1.82) is 0 Å². The van der Waals surface area contributed by atoms with Crippen LogP contribution in [0.5, 0.6) is 0 Å². The van der Waals surface area contributed by atoms with Crippen molar-refractivity contribution >= 4 is 111 Å². The van der Waals surface area contributed by atoms with Crippen molar-refractivity contribution in [2.75, 3.05) is 48.6 Å². The lowest BCUT2D eigenvalue weighted by Gasteiger charge is -2.33. The predicted molar refractivity (Wildman–Crippen MR) is 534 cm³/mol. The van der Waals surface area contributed by atoms with E-state index in [0.717, 1.165) is 246 Å². The zero-order valence-electron chi connectivity index (χ0n) is 79.9. The molecule has 7 aliphatic rings. The fourth-order valence-corrected chi connectivity index (χ4v) is 22.9. The molecule has 0 spiro atoms. The number of methoxy groups -OCH3 is 4. The molecule has 7 fully saturated rings. The Hall–Kier alpha value is -13.3. The second-order valence-electron chi connectivity index (χ2n) is 39.4. The number of aliphatic hydroxyl groups excluding tert-OH is 1. The Morgan fingerprint density at radius 2 is 0.617 bits per heavy atom. The SMILES string of the molecule is CNC(=O)c1ccc2nc([C@H](OC)C3CCC(c4ccnc5ccc(F)cc45)CC3)[nH]c2c1.CO[C@@H](c1nc2ccc(C(=O)N3CCC3)cc2[nH]1)C1CCC(c2ccnc3ccc(F)cc23)CC1.CO[C@@H](c1nc2ccc(C(=O)NC3CC(O)C3)cc2[nH]1)C1CCC(c2ccnc3ccc(F)cc23)CC1.CO[C@@H](c1nc2ccc(C(=O)NC3CCC3)cc2[nH]1)C1CCC(c2ccnc3ccc(F)cc23)CC1. The van der Waals surface area contributed by atoms with Crippen LogP contribution in [0.4, 0.5) is 17.6 Å². The number of aliphatic hydroxyl groups is 1. The molecule has 1 saturated heterocycles. The number of ether oxygens (including phenoxy) is 4. The number of nitrogens with zero attached hydrogens (tertiary/aromatic N) is 9. The molecule has 1 aliphatic heterocycles. The zero-order chi connectivity index (χ0) is 97.1. The first kappa shape index (κ1) is 95.2. The van der Waals surface area contributed by atoms with E-state index in [0.29, 0.717) is 88.5 Å². The molecule has 4 amide bonds. The maximum atomic E-state index is 13.9. The van der Waals surface area contributed by atoms with Crippen LogP contribution >= 0.6 is 0 Å². The summed E-state index contributed by atoms with van der Waals surface area (Å²) in [6, 6.07) is 50.0. The first-order valence-electron chi connectivity index (χ1n) is 49.8. The van der Waals surface area contributed by atoms with E-state index in [1.165, 1.54) is 52.9 Å². The van der Waals surface area contributed by atoms with Crippen LogP contribution < -0.4 is 16.0 Å². The van der Waals surface area contributed by atoms with Gasteiger partial charge in [-0.2, -0.15) is 0 Å². The fourth-order valence-electron chi connectivity index (χ4n) is 22.9. The van der Waals surface area contributed by atoms with E-state index >= 15 is 0 Å². The fraction of sp³-hybridized carbons (Fsp3) is 0.393. The van der Waals surface area contributed by atoms with Crippen LogP contribution in [-0.2, 0) is 18.9 Å². The third-order valence-corrected chi connectivity index (χ3v) is 30.9. The van der Waals surface area contributed by atoms with Crippen molar-refractivity contribution in [3.05, 3.63) is 286 Å². The van der Waals surface area contributed by atoms with Crippen molar-refractivity contribution in [3.8, 4) is 0 Å². The van der Waals surface area contributed by atoms with Gasteiger partial charge in [-0.05, 0) is 381 Å². The molecule has 29 heteroatoms. The number of halogens is 4. The van der Waals surface area contributed by atoms with Gasteiger partial charge in [0.25, 0.3) is 23.6 Å². The highest BCUT2D eigenvalue weighted by Crippen LogP contribution is 2.49. The van der Waals surface area contributed by atoms with Gasteiger partial charge in [0, 0.05) is 129 Å². The number of H-pyrrole nitrogens is 4. The van der Waals surface area contributed by atoms with Gasteiger partial charge in [0.1, 0.15) is 71.0 Å². The number of imidazole rings is 4. The summed E-state index contributed by atoms with van der Waals surface area (Å²) in [6.45, 7) is 1.67. The van der Waals surface area contributed by atoms with Crippen LogP contribution in [-0.4, -0.2) is 160 Å². The van der Waals surface area contributed by atoms with E-state index in [1.807, 2.05) is 115 Å². The topological polar surface area (TPSA) is 331 Å². The highest BCUT2D eigenvalue weighted by molar-refractivity contribution is 6.00. The Bertz CT molecular complexity index is 7250. The van der Waals surface area contributed by atoms with Gasteiger partial charge in [0.05, 0.1) is 72.3 Å². The molecule has 8 N–H and O–H groups in total. The summed E-state index contributed by atoms with van der Waals surface area (Å²) in [5.74, 6) is 4.86. The normalized spacial score (nSPS) is 21.8. The number of amides is 4. The van der Waals surface area contributed by atoms with Crippen molar-refractivity contribution in [2.45, 2.75) is 208 Å². The molecule has 16 aromatic rings. The quantitative estimate of drug-likeness (QED) is 0.0292. The average Bonchev–Trinajstić information content (AvgIpc) is 1.57. The Kier molecular flexibility index (Phi) is 28.5. The molecule has 4 atom stereocenters. The molecule has 6 aliphatic carbocycles. The Labute approximate surface area is 813 Å². The number of pyridine rings is 4. The van der Waals surface area contributed by atoms with Gasteiger partial charge in [0.15, 0.2) is 0 Å². The van der Waals surface area contributed by atoms with Crippen molar-refractivity contribution in [1.82, 2.24) is 80.7 Å². The average molecular weight is 1910 g/mol. The van der Waals surface area contributed by atoms with E-state index < -0.39 is 0 Å². The van der Waals surface area contributed by atoms with E-state index in [2.05, 4.69) is 55.8 Å². The summed E-state index contributed by atoms with van der Waals surface area (Å²) >= 11 is 0. The number of fused-ring (bicyclic) bond motifs is 8. The van der Waals surface area contributed by atoms with Crippen LogP contribution in [0.1, 0.15) is 276 Å². The summed E-state index contributed by atoms with van der Waals surface area (Å²) < 4.78 is 79.4. The Morgan fingerprint density at radius 3 is 0.879 bits per heavy atom. The molecular weight excluding hydrogens is 1790 g/mol. The molecule has 9 heterocycles. The Balaban J connectivity index is 0.000000115. The van der Waals surface area contributed by atoms with Crippen molar-refractivity contribution < 1.29 is 60.8 Å². The molecule has 0 unspecified atom stereocenters. The molecule has 6 saturated carbocycles. The van der Waals surface area contributed by atoms with Gasteiger partial charge in [-0.3, -0.25) is 39.1 Å². The summed E-state index contributed by atoms with van der Waals surface area (Å²) in [5, 5.41) is 21.8. The second kappa shape index (κ2) is 42.2. The smallest absolute Gasteiger partial charge is 0.253 e. The number of benzene rings is 8. The van der Waals surface area contributed by atoms with E-state index in [1.54, 1.807) is 96.2 Å². The summed E-state index contributed by atoms with van der Waals surface area (Å²) in [7, 11) is 8.53. The van der Waals surface area contributed by atoms with Crippen LogP contribution in [0, 0.1) is 46.9 Å². The number of likely N-dealkylation sites (tertiary alicyclic amines) is 1. The van der Waals surface area contributed by atoms with Gasteiger partial charge < -0.3 is 64.8 Å². The third kappa shape index (κ3) is 20.7. The molecule has 0 radical (unpaired) electrons. The first-order chi connectivity index (χ1) is 68.7. The third-order valence-electron chi connectivity index (χ3n) is 30.9. The lowest BCUT2D eigenvalue weighted by molar-refractivity contribution is 0.0274. The zero-order valence-corrected chi connectivity index (χ0v) is 79.9. The predicted octanol–water partition coefficient (Wildman–Crippen LogP) is 22.4. The summed E-state index contributed by atoms with van der Waals surface area (Å²) in [5.41, 5.74) is 17.2. The second-order valence-corrected chi connectivity index (χ2v) is 39.4. The van der Waals surface area contributed by atoms with Gasteiger partial charge in [0.2, 0.25) is 0 Å². The van der Waals surface area contributed by atoms with E-state index in [4.69, 9.17) is 38.9 Å². The minimum Gasteiger partial charge on any atom is -0.393 e. The number of carbonyl (C=O) groups excluding carboxylic acids is 4. The van der Waals surface area contributed by atoms with Crippen molar-refractivity contribution in [3.63, 3.8) is 0 Å². The largest absolute Gasteiger partial charge is 0.393 e. The lowest BCUT2D eigenvalue weighted by atomic mass is 9.76. The number of hydrogen-bond acceptors (Lipinski definition) is 17. The molecule has 25 nitrogen and oxygen atoms in total. The number of aromatic nitrogens is 12. The van der Waals surface area contributed by atoms with Crippen LogP contribution in [0.2, 0.25) is 0 Å². The maximum absolute atomic E-state index is 13.9. The van der Waals surface area contributed by atoms with Gasteiger partial charge >= 0.3 is 0 Å². The van der Waals surface area contributed by atoms with Crippen molar-refractivity contribution in [2.24, 2.45) is 23.7 Å². The molecule has 141 heavy (non-hydrogen) atoms. The van der Waals surface area contributed by atoms with E-state index in [9.17, 15) is 41.8 Å². The lowest BCUT2D eigenvalue weighted by Crippen LogP contribution is -2.46. The summed E-state index contributed by atoms with van der Waals surface area (Å²) in [4.78, 5) is 102. The van der Waals surface area contributed by atoms with Crippen LogP contribution in [0.25, 0.3) is 87.7 Å². The number of hydrogen-bond donors (Lipinski definition) is 8. The molecule has 23 rings (SSSR count). The molecular formula is C112H118F4N16O9. The molecule has 8 aromatic heterocycles. The minimum atomic E-state index is -0.309. The number of nitrogens with one attached hydrogen (secondary N) is 7. The minimum absolute atomic E-state index is 0.0251. The standard InChI is InChI=1S/C29H31FN4O3.C29H31FN4O2.C28H29FN4O2.C26H27FN4O2/c1-37-27(17-4-2-16(3-5-17)22-10-11-31-24-9-7-19(30)13-23(22)24)28-33-25-8-6-18(12-26(25)34-28)29(36)32-20-14-21(35)15-20;1-36-27(28-33-25-11-9-19(15-26(25)34-28)29(35)32-21-3-2-4-21)18-7-5-17(6-8-18)22-13-14-31-24-12-10-20(30)16-23(22)24;1-35-26(27-31-24-9-7-19(15-25(24)32-27)28(34)33-13-2-14-33)18-5-3-17(4-6-18)21-11-12-30-23-10-8-20(29)16-22(21)23;1-28-26(32)17-7-9-22-23(13-17)31-25(30-22)24(33-2)16-5-3-15(4-6-16)19-11-12-29-21-10-8-18(27)14-20(19)21/h6-13,16-17,20-21,27,35H,2-5,14-15H2,1H3,(H,32,36)(H,33,34);9-18,21,27H,2-8H2,1H3,(H,32,35)(H,33,34);7-12,15-18,26H,2-6,13-14H2,1H3,(H,31,32);7-16,24H,3-6H2,1-2H3,(H,28,32)(H,30,31)/t16?,17?,20?,21?,27-;17?,18?,27-;17?,18?,26-;15?,16?,24-/m1111/s1. The molecule has 728 valence electrons. The highest BCUT2D eigenvalue weighted by atomic mass is 19.1. The van der Waals surface area contributed by atoms with Crippen LogP contribution in [0.3, 0.4) is 0 Å². The monoisotopic (exact) mass is 1910 g/mol. The Morgan fingerprint density at radius 1 is 0.340 bits per heavy atom. The number of rotatable bonds is 22. The highest BCUT2D eigenvalue weighted by Gasteiger charge is 2.39. The molecule has 8 aromatic carbocycles. The number of aromatic amines is 4. The maximum Gasteiger partial charge on any atom is 0.253 e. The first-order valence-corrected chi connectivity index (χ1v) is 49.8. The summed E-state index contributed by atoms with van der Waals surface area (Å²) in [6.07, 6.45) is 27.9. The van der Waals surface area contributed by atoms with Gasteiger partial charge in [-0.25, -0.2) is 37.5 Å². The van der Waals surface area contributed by atoms with Gasteiger partial charge in [-0.15, -0.1) is 0 Å².